The van der Waals surface area contributed by atoms with Crippen molar-refractivity contribution < 1.29 is 5.11 Å². The normalized spacial score (nSPS) is 11.8. The number of nitrogens with zero attached hydrogens (tertiary/aromatic N) is 1. The molecule has 1 rings (SSSR count). The second-order valence-electron chi connectivity index (χ2n) is 4.13. The van der Waals surface area contributed by atoms with E-state index in [2.05, 4.69) is 21.2 Å². The van der Waals surface area contributed by atoms with Crippen LogP contribution in [-0.4, -0.2) is 17.8 Å². The smallest absolute Gasteiger partial charge is 0.101 e. The summed E-state index contributed by atoms with van der Waals surface area (Å²) in [6.45, 7) is 3.97. The third-order valence-electron chi connectivity index (χ3n) is 2.39. The van der Waals surface area contributed by atoms with Gasteiger partial charge in [0.05, 0.1) is 23.9 Å². The van der Waals surface area contributed by atoms with Crippen molar-refractivity contribution >= 4 is 34.0 Å². The third-order valence-corrected chi connectivity index (χ3v) is 3.05. The lowest BCUT2D eigenvalue weighted by Gasteiger charge is -2.20. The van der Waals surface area contributed by atoms with E-state index in [1.54, 1.807) is 6.07 Å². The van der Waals surface area contributed by atoms with Crippen molar-refractivity contribution in [3.05, 3.63) is 27.7 Å². The second kappa shape index (κ2) is 7.59. The summed E-state index contributed by atoms with van der Waals surface area (Å²) in [7, 11) is 0. The summed E-state index contributed by atoms with van der Waals surface area (Å²) in [5.41, 5.74) is 7.44. The summed E-state index contributed by atoms with van der Waals surface area (Å²) in [6, 6.07) is 5.62. The van der Waals surface area contributed by atoms with Gasteiger partial charge in [-0.3, -0.25) is 0 Å². The van der Waals surface area contributed by atoms with Crippen molar-refractivity contribution in [3.63, 3.8) is 0 Å². The zero-order chi connectivity index (χ0) is 13.0. The molecule has 0 bridgehead atoms. The minimum atomic E-state index is -0.195. The SMILES string of the molecule is CC(C)NC(CO)c1cc(Br)c(N)c(C#N)c1.Cl. The molecule has 0 heterocycles. The Hall–Kier alpha value is -0.800. The van der Waals surface area contributed by atoms with Crippen LogP contribution in [0.1, 0.15) is 31.0 Å². The van der Waals surface area contributed by atoms with Gasteiger partial charge in [-0.25, -0.2) is 0 Å². The van der Waals surface area contributed by atoms with E-state index in [0.29, 0.717) is 15.7 Å². The van der Waals surface area contributed by atoms with Crippen LogP contribution < -0.4 is 11.1 Å². The third kappa shape index (κ3) is 4.14. The molecular weight excluding hydrogens is 318 g/mol. The first-order chi connectivity index (χ1) is 7.99. The number of rotatable bonds is 4. The summed E-state index contributed by atoms with van der Waals surface area (Å²) in [5.74, 6) is 0. The predicted molar refractivity (Wildman–Crippen MR) is 78.6 cm³/mol. The first kappa shape index (κ1) is 17.2. The van der Waals surface area contributed by atoms with E-state index in [4.69, 9.17) is 11.0 Å². The van der Waals surface area contributed by atoms with Crippen LogP contribution in [0.4, 0.5) is 5.69 Å². The lowest BCUT2D eigenvalue weighted by Crippen LogP contribution is -2.30. The molecule has 100 valence electrons. The molecular formula is C12H17BrClN3O. The molecule has 4 N–H and O–H groups in total. The monoisotopic (exact) mass is 333 g/mol. The number of hydrogen-bond donors (Lipinski definition) is 3. The molecule has 0 radical (unpaired) electrons. The summed E-state index contributed by atoms with van der Waals surface area (Å²) >= 11 is 3.32. The highest BCUT2D eigenvalue weighted by Gasteiger charge is 2.15. The summed E-state index contributed by atoms with van der Waals surface area (Å²) in [4.78, 5) is 0. The minimum absolute atomic E-state index is 0. The predicted octanol–water partition coefficient (Wildman–Crippen LogP) is 2.36. The first-order valence-corrected chi connectivity index (χ1v) is 6.14. The molecule has 0 spiro atoms. The average Bonchev–Trinajstić information content (AvgIpc) is 2.29. The number of nitrogens with two attached hydrogens (primary N) is 1. The highest BCUT2D eigenvalue weighted by atomic mass is 79.9. The van der Waals surface area contributed by atoms with Crippen LogP contribution >= 0.6 is 28.3 Å². The Morgan fingerprint density at radius 1 is 1.50 bits per heavy atom. The summed E-state index contributed by atoms with van der Waals surface area (Å²) in [6.07, 6.45) is 0. The fraction of sp³-hybridized carbons (Fsp3) is 0.417. The fourth-order valence-electron chi connectivity index (χ4n) is 1.59. The molecule has 18 heavy (non-hydrogen) atoms. The number of aliphatic hydroxyl groups excluding tert-OH is 1. The number of nitrogen functional groups attached to an aromatic ring is 1. The van der Waals surface area contributed by atoms with Gasteiger partial charge >= 0.3 is 0 Å². The van der Waals surface area contributed by atoms with Gasteiger partial charge in [0, 0.05) is 10.5 Å². The number of aliphatic hydroxyl groups is 1. The van der Waals surface area contributed by atoms with Crippen molar-refractivity contribution in [1.29, 1.82) is 5.26 Å². The molecule has 0 saturated heterocycles. The van der Waals surface area contributed by atoms with Crippen LogP contribution in [0.5, 0.6) is 0 Å². The van der Waals surface area contributed by atoms with Gasteiger partial charge in [0.2, 0.25) is 0 Å². The molecule has 0 aromatic heterocycles. The van der Waals surface area contributed by atoms with E-state index < -0.39 is 0 Å². The van der Waals surface area contributed by atoms with Gasteiger partial charge < -0.3 is 16.2 Å². The molecule has 4 nitrogen and oxygen atoms in total. The van der Waals surface area contributed by atoms with Crippen molar-refractivity contribution in [2.24, 2.45) is 0 Å². The van der Waals surface area contributed by atoms with Crippen LogP contribution in [0.25, 0.3) is 0 Å². The maximum atomic E-state index is 9.36. The lowest BCUT2D eigenvalue weighted by molar-refractivity contribution is 0.237. The topological polar surface area (TPSA) is 82.1 Å². The van der Waals surface area contributed by atoms with E-state index in [0.717, 1.165) is 5.56 Å². The lowest BCUT2D eigenvalue weighted by atomic mass is 10.0. The van der Waals surface area contributed by atoms with Crippen LogP contribution in [0.3, 0.4) is 0 Å². The molecule has 1 aromatic carbocycles. The van der Waals surface area contributed by atoms with Gasteiger partial charge in [-0.2, -0.15) is 5.26 Å². The molecule has 0 aliphatic heterocycles. The number of anilines is 1. The molecule has 0 fully saturated rings. The second-order valence-corrected chi connectivity index (χ2v) is 4.99. The van der Waals surface area contributed by atoms with E-state index >= 15 is 0 Å². The van der Waals surface area contributed by atoms with E-state index in [9.17, 15) is 5.11 Å². The molecule has 1 aromatic rings. The number of nitrogens with one attached hydrogen (secondary N) is 1. The molecule has 0 amide bonds. The van der Waals surface area contributed by atoms with Crippen molar-refractivity contribution in [1.82, 2.24) is 5.32 Å². The quantitative estimate of drug-likeness (QED) is 0.738. The standard InChI is InChI=1S/C12H16BrN3O.ClH/c1-7(2)16-11(6-17)8-3-9(5-14)12(15)10(13)4-8;/h3-4,7,11,16-17H,6,15H2,1-2H3;1H. The summed E-state index contributed by atoms with van der Waals surface area (Å²) < 4.78 is 0.676. The average molecular weight is 335 g/mol. The summed E-state index contributed by atoms with van der Waals surface area (Å²) in [5, 5.41) is 21.6. The van der Waals surface area contributed by atoms with Crippen LogP contribution in [0, 0.1) is 11.3 Å². The van der Waals surface area contributed by atoms with Gasteiger partial charge in [0.25, 0.3) is 0 Å². The molecule has 1 unspecified atom stereocenters. The Morgan fingerprint density at radius 3 is 2.56 bits per heavy atom. The van der Waals surface area contributed by atoms with Crippen molar-refractivity contribution in [3.8, 4) is 6.07 Å². The largest absolute Gasteiger partial charge is 0.397 e. The molecule has 1 atom stereocenters. The Morgan fingerprint density at radius 2 is 2.11 bits per heavy atom. The highest BCUT2D eigenvalue weighted by Crippen LogP contribution is 2.28. The first-order valence-electron chi connectivity index (χ1n) is 5.35. The molecule has 0 aliphatic rings. The number of benzene rings is 1. The minimum Gasteiger partial charge on any atom is -0.397 e. The molecule has 0 saturated carbocycles. The van der Waals surface area contributed by atoms with E-state index in [1.165, 1.54) is 0 Å². The zero-order valence-corrected chi connectivity index (χ0v) is 12.7. The van der Waals surface area contributed by atoms with Gasteiger partial charge in [0.1, 0.15) is 6.07 Å². The van der Waals surface area contributed by atoms with E-state index in [1.807, 2.05) is 26.0 Å². The van der Waals surface area contributed by atoms with Gasteiger partial charge in [-0.1, -0.05) is 13.8 Å². The van der Waals surface area contributed by atoms with Crippen LogP contribution in [0.15, 0.2) is 16.6 Å². The Balaban J connectivity index is 0.00000289. The van der Waals surface area contributed by atoms with Gasteiger partial charge in [-0.05, 0) is 33.6 Å². The number of halogens is 2. The fourth-order valence-corrected chi connectivity index (χ4v) is 2.07. The zero-order valence-electron chi connectivity index (χ0n) is 10.3. The van der Waals surface area contributed by atoms with Crippen molar-refractivity contribution in [2.45, 2.75) is 25.9 Å². The van der Waals surface area contributed by atoms with Crippen LogP contribution in [-0.2, 0) is 0 Å². The molecule has 0 aliphatic carbocycles. The Kier molecular flexibility index (Phi) is 7.26. The number of hydrogen-bond acceptors (Lipinski definition) is 4. The van der Waals surface area contributed by atoms with Crippen LogP contribution in [0.2, 0.25) is 0 Å². The highest BCUT2D eigenvalue weighted by molar-refractivity contribution is 9.10. The number of nitriles is 1. The maximum Gasteiger partial charge on any atom is 0.101 e. The Bertz CT molecular complexity index is 446. The molecule has 6 heteroatoms. The maximum absolute atomic E-state index is 9.36. The van der Waals surface area contributed by atoms with Gasteiger partial charge in [0.15, 0.2) is 0 Å². The van der Waals surface area contributed by atoms with Gasteiger partial charge in [-0.15, -0.1) is 12.4 Å². The Labute approximate surface area is 122 Å². The van der Waals surface area contributed by atoms with Crippen molar-refractivity contribution in [2.75, 3.05) is 12.3 Å². The van der Waals surface area contributed by atoms with E-state index in [-0.39, 0.29) is 31.1 Å².